The molecule has 0 bridgehead atoms. The van der Waals surface area contributed by atoms with Gasteiger partial charge in [-0.25, -0.2) is 0 Å². The highest BCUT2D eigenvalue weighted by Gasteiger charge is 2.35. The molecule has 1 fully saturated rings. The van der Waals surface area contributed by atoms with Crippen LogP contribution in [0, 0.1) is 5.92 Å². The molecule has 0 spiro atoms. The third-order valence-corrected chi connectivity index (χ3v) is 4.46. The molecule has 1 saturated heterocycles. The van der Waals surface area contributed by atoms with E-state index in [9.17, 15) is 0 Å². The number of nitrogens with one attached hydrogen (secondary N) is 1. The second kappa shape index (κ2) is 4.93. The number of benzene rings is 1. The van der Waals surface area contributed by atoms with E-state index in [-0.39, 0.29) is 0 Å². The van der Waals surface area contributed by atoms with E-state index in [0.29, 0.717) is 5.92 Å². The maximum Gasteiger partial charge on any atom is 0.145 e. The summed E-state index contributed by atoms with van der Waals surface area (Å²) in [5.74, 6) is 3.08. The number of rotatable bonds is 2. The van der Waals surface area contributed by atoms with E-state index in [0.717, 1.165) is 36.2 Å². The van der Waals surface area contributed by atoms with E-state index in [2.05, 4.69) is 23.3 Å². The molecule has 1 aromatic rings. The highest BCUT2D eigenvalue weighted by atomic mass is 16.5. The average molecular weight is 262 g/mol. The lowest BCUT2D eigenvalue weighted by molar-refractivity contribution is 0.191. The van der Waals surface area contributed by atoms with E-state index in [4.69, 9.17) is 9.47 Å². The summed E-state index contributed by atoms with van der Waals surface area (Å²) in [7, 11) is 5.63. The van der Waals surface area contributed by atoms with Crippen molar-refractivity contribution >= 4 is 5.69 Å². The summed E-state index contributed by atoms with van der Waals surface area (Å²) in [6.45, 7) is 3.36. The molecule has 0 saturated carbocycles. The van der Waals surface area contributed by atoms with Gasteiger partial charge in [-0.3, -0.25) is 0 Å². The fourth-order valence-electron chi connectivity index (χ4n) is 3.36. The molecule has 4 nitrogen and oxygen atoms in total. The molecule has 0 amide bonds. The highest BCUT2D eigenvalue weighted by molar-refractivity contribution is 5.67. The first-order valence-corrected chi connectivity index (χ1v) is 6.91. The van der Waals surface area contributed by atoms with Crippen LogP contribution in [0.25, 0.3) is 0 Å². The van der Waals surface area contributed by atoms with Crippen molar-refractivity contribution < 1.29 is 9.47 Å². The molecule has 2 unspecified atom stereocenters. The van der Waals surface area contributed by atoms with E-state index in [1.165, 1.54) is 18.5 Å². The van der Waals surface area contributed by atoms with Crippen LogP contribution in [-0.4, -0.2) is 45.8 Å². The summed E-state index contributed by atoms with van der Waals surface area (Å²) in [6, 6.07) is 4.12. The molecule has 2 aliphatic rings. The minimum Gasteiger partial charge on any atom is -0.497 e. The highest BCUT2D eigenvalue weighted by Crippen LogP contribution is 2.45. The second-order valence-electron chi connectivity index (χ2n) is 5.59. The van der Waals surface area contributed by atoms with Crippen molar-refractivity contribution in [2.24, 2.45) is 5.92 Å². The first kappa shape index (κ1) is 12.6. The monoisotopic (exact) mass is 262 g/mol. The van der Waals surface area contributed by atoms with Crippen LogP contribution in [0.15, 0.2) is 12.1 Å². The van der Waals surface area contributed by atoms with Gasteiger partial charge in [0.15, 0.2) is 0 Å². The van der Waals surface area contributed by atoms with Crippen molar-refractivity contribution in [2.45, 2.75) is 12.3 Å². The predicted octanol–water partition coefficient (Wildman–Crippen LogP) is 2.16. The Kier molecular flexibility index (Phi) is 3.27. The number of hydrogen-bond donors (Lipinski definition) is 1. The SMILES string of the molecule is COc1cc(OC)c2c(c1)C1CN(C)CCC1CN2. The molecule has 2 atom stereocenters. The van der Waals surface area contributed by atoms with Crippen molar-refractivity contribution in [1.82, 2.24) is 4.90 Å². The summed E-state index contributed by atoms with van der Waals surface area (Å²) in [5.41, 5.74) is 2.50. The minimum absolute atomic E-state index is 0.582. The molecule has 0 aromatic heterocycles. The summed E-state index contributed by atoms with van der Waals surface area (Å²) >= 11 is 0. The Morgan fingerprint density at radius 3 is 2.84 bits per heavy atom. The molecule has 1 N–H and O–H groups in total. The van der Waals surface area contributed by atoms with Gasteiger partial charge in [0.05, 0.1) is 19.9 Å². The van der Waals surface area contributed by atoms with Crippen molar-refractivity contribution in [2.75, 3.05) is 46.2 Å². The summed E-state index contributed by atoms with van der Waals surface area (Å²) in [6.07, 6.45) is 1.26. The fourth-order valence-corrected chi connectivity index (χ4v) is 3.36. The number of nitrogens with zero attached hydrogens (tertiary/aromatic N) is 1. The quantitative estimate of drug-likeness (QED) is 0.885. The first-order chi connectivity index (χ1) is 9.22. The minimum atomic E-state index is 0.582. The standard InChI is InChI=1S/C15H22N2O2/c1-17-5-4-10-8-16-15-12(13(10)9-17)6-11(18-2)7-14(15)19-3/h6-7,10,13,16H,4-5,8-9H2,1-3H3. The lowest BCUT2D eigenvalue weighted by atomic mass is 9.77. The number of ether oxygens (including phenoxy) is 2. The average Bonchev–Trinajstić information content (AvgIpc) is 2.45. The topological polar surface area (TPSA) is 33.7 Å². The Morgan fingerprint density at radius 2 is 2.11 bits per heavy atom. The number of hydrogen-bond acceptors (Lipinski definition) is 4. The molecule has 2 heterocycles. The van der Waals surface area contributed by atoms with Crippen molar-refractivity contribution in [3.8, 4) is 11.5 Å². The van der Waals surface area contributed by atoms with Crippen LogP contribution >= 0.6 is 0 Å². The van der Waals surface area contributed by atoms with Gasteiger partial charge < -0.3 is 19.7 Å². The van der Waals surface area contributed by atoms with Gasteiger partial charge in [-0.15, -0.1) is 0 Å². The van der Waals surface area contributed by atoms with Crippen LogP contribution in [0.1, 0.15) is 17.9 Å². The van der Waals surface area contributed by atoms with Gasteiger partial charge in [-0.05, 0) is 37.6 Å². The predicted molar refractivity (Wildman–Crippen MR) is 76.4 cm³/mol. The molecule has 104 valence electrons. The zero-order chi connectivity index (χ0) is 13.4. The van der Waals surface area contributed by atoms with E-state index < -0.39 is 0 Å². The Bertz CT molecular complexity index is 475. The van der Waals surface area contributed by atoms with Crippen LogP contribution < -0.4 is 14.8 Å². The van der Waals surface area contributed by atoms with E-state index in [1.54, 1.807) is 14.2 Å². The van der Waals surface area contributed by atoms with Gasteiger partial charge in [-0.1, -0.05) is 0 Å². The molecule has 2 aliphatic heterocycles. The molecule has 3 rings (SSSR count). The number of likely N-dealkylation sites (tertiary alicyclic amines) is 1. The van der Waals surface area contributed by atoms with Gasteiger partial charge in [-0.2, -0.15) is 0 Å². The van der Waals surface area contributed by atoms with Crippen LogP contribution in [0.2, 0.25) is 0 Å². The Hall–Kier alpha value is -1.42. The Balaban J connectivity index is 2.04. The maximum absolute atomic E-state index is 5.51. The number of likely N-dealkylation sites (N-methyl/N-ethyl adjacent to an activating group) is 1. The van der Waals surface area contributed by atoms with Gasteiger partial charge in [0.1, 0.15) is 11.5 Å². The maximum atomic E-state index is 5.51. The van der Waals surface area contributed by atoms with Crippen LogP contribution in [0.3, 0.4) is 0 Å². The molecule has 0 aliphatic carbocycles. The molecular formula is C15H22N2O2. The van der Waals surface area contributed by atoms with Crippen molar-refractivity contribution in [3.05, 3.63) is 17.7 Å². The van der Waals surface area contributed by atoms with Crippen LogP contribution in [-0.2, 0) is 0 Å². The molecular weight excluding hydrogens is 240 g/mol. The normalized spacial score (nSPS) is 26.1. The van der Waals surface area contributed by atoms with Gasteiger partial charge >= 0.3 is 0 Å². The second-order valence-corrected chi connectivity index (χ2v) is 5.59. The Labute approximate surface area is 114 Å². The zero-order valence-corrected chi connectivity index (χ0v) is 11.9. The van der Waals surface area contributed by atoms with Gasteiger partial charge in [0.2, 0.25) is 0 Å². The van der Waals surface area contributed by atoms with Crippen molar-refractivity contribution in [3.63, 3.8) is 0 Å². The van der Waals surface area contributed by atoms with Gasteiger partial charge in [0, 0.05) is 25.1 Å². The third kappa shape index (κ3) is 2.14. The molecule has 0 radical (unpaired) electrons. The first-order valence-electron chi connectivity index (χ1n) is 6.91. The Morgan fingerprint density at radius 1 is 1.26 bits per heavy atom. The van der Waals surface area contributed by atoms with Crippen LogP contribution in [0.5, 0.6) is 11.5 Å². The lowest BCUT2D eigenvalue weighted by Crippen LogP contribution is -2.41. The van der Waals surface area contributed by atoms with Gasteiger partial charge in [0.25, 0.3) is 0 Å². The van der Waals surface area contributed by atoms with E-state index >= 15 is 0 Å². The number of piperidine rings is 1. The number of methoxy groups -OCH3 is 2. The summed E-state index contributed by atoms with van der Waals surface area (Å²) in [5, 5.41) is 3.55. The molecule has 1 aromatic carbocycles. The summed E-state index contributed by atoms with van der Waals surface area (Å²) in [4.78, 5) is 2.42. The smallest absolute Gasteiger partial charge is 0.145 e. The zero-order valence-electron chi connectivity index (χ0n) is 11.9. The fraction of sp³-hybridized carbons (Fsp3) is 0.600. The largest absolute Gasteiger partial charge is 0.497 e. The van der Waals surface area contributed by atoms with E-state index in [1.807, 2.05) is 6.07 Å². The van der Waals surface area contributed by atoms with Crippen LogP contribution in [0.4, 0.5) is 5.69 Å². The molecule has 19 heavy (non-hydrogen) atoms. The third-order valence-electron chi connectivity index (χ3n) is 4.46. The number of anilines is 1. The van der Waals surface area contributed by atoms with Crippen molar-refractivity contribution in [1.29, 1.82) is 0 Å². The molecule has 4 heteroatoms. The number of fused-ring (bicyclic) bond motifs is 3. The lowest BCUT2D eigenvalue weighted by Gasteiger charge is -2.41. The summed E-state index contributed by atoms with van der Waals surface area (Å²) < 4.78 is 10.9.